The standard InChI is InChI=1S/C13H16BrF3N2/c14-11-2-1-3-12(6-11)19-5-4-10(8-19)7-18-9-13(15,16)17/h1-3,6,10,18H,4-5,7-9H2. The van der Waals surface area contributed by atoms with Crippen molar-refractivity contribution in [2.24, 2.45) is 5.92 Å². The summed E-state index contributed by atoms with van der Waals surface area (Å²) in [5.74, 6) is 0.279. The summed E-state index contributed by atoms with van der Waals surface area (Å²) in [5, 5.41) is 2.49. The zero-order chi connectivity index (χ0) is 13.9. The molecule has 1 N–H and O–H groups in total. The van der Waals surface area contributed by atoms with Gasteiger partial charge in [-0.25, -0.2) is 0 Å². The van der Waals surface area contributed by atoms with Gasteiger partial charge in [0.2, 0.25) is 0 Å². The van der Waals surface area contributed by atoms with E-state index in [9.17, 15) is 13.2 Å². The van der Waals surface area contributed by atoms with Crippen LogP contribution in [-0.2, 0) is 0 Å². The summed E-state index contributed by atoms with van der Waals surface area (Å²) >= 11 is 3.42. The first-order chi connectivity index (χ1) is 8.94. The van der Waals surface area contributed by atoms with Crippen molar-refractivity contribution in [2.45, 2.75) is 12.6 Å². The number of benzene rings is 1. The SMILES string of the molecule is FC(F)(F)CNCC1CCN(c2cccc(Br)c2)C1. The van der Waals surface area contributed by atoms with Crippen LogP contribution in [0.4, 0.5) is 18.9 Å². The third kappa shape index (κ3) is 4.69. The van der Waals surface area contributed by atoms with Crippen LogP contribution in [0.25, 0.3) is 0 Å². The number of halogens is 4. The van der Waals surface area contributed by atoms with E-state index in [-0.39, 0.29) is 5.92 Å². The maximum atomic E-state index is 12.0. The van der Waals surface area contributed by atoms with Gasteiger partial charge in [0.1, 0.15) is 0 Å². The van der Waals surface area contributed by atoms with Gasteiger partial charge in [0.25, 0.3) is 0 Å². The first-order valence-electron chi connectivity index (χ1n) is 6.22. The van der Waals surface area contributed by atoms with E-state index in [0.29, 0.717) is 6.54 Å². The van der Waals surface area contributed by atoms with Crippen LogP contribution in [-0.4, -0.2) is 32.4 Å². The molecule has 1 aromatic rings. The molecule has 1 aliphatic heterocycles. The molecule has 0 amide bonds. The van der Waals surface area contributed by atoms with Crippen LogP contribution < -0.4 is 10.2 Å². The van der Waals surface area contributed by atoms with Crippen LogP contribution in [0.3, 0.4) is 0 Å². The second-order valence-electron chi connectivity index (χ2n) is 4.83. The molecular formula is C13H16BrF3N2. The monoisotopic (exact) mass is 336 g/mol. The lowest BCUT2D eigenvalue weighted by atomic mass is 10.1. The third-order valence-electron chi connectivity index (χ3n) is 3.22. The smallest absolute Gasteiger partial charge is 0.371 e. The minimum atomic E-state index is -4.12. The molecule has 6 heteroatoms. The summed E-state index contributed by atoms with van der Waals surface area (Å²) in [6.45, 7) is 1.22. The van der Waals surface area contributed by atoms with Crippen molar-refractivity contribution in [3.63, 3.8) is 0 Å². The molecule has 106 valence electrons. The molecule has 0 aliphatic carbocycles. The lowest BCUT2D eigenvalue weighted by molar-refractivity contribution is -0.125. The zero-order valence-electron chi connectivity index (χ0n) is 10.4. The molecule has 1 unspecified atom stereocenters. The van der Waals surface area contributed by atoms with Crippen molar-refractivity contribution in [3.05, 3.63) is 28.7 Å². The molecule has 2 rings (SSSR count). The van der Waals surface area contributed by atoms with Gasteiger partial charge in [-0.2, -0.15) is 13.2 Å². The van der Waals surface area contributed by atoms with Crippen molar-refractivity contribution in [1.29, 1.82) is 0 Å². The van der Waals surface area contributed by atoms with Gasteiger partial charge in [0, 0.05) is 29.8 Å². The van der Waals surface area contributed by atoms with Crippen molar-refractivity contribution in [2.75, 3.05) is 31.1 Å². The number of nitrogens with one attached hydrogen (secondary N) is 1. The van der Waals surface area contributed by atoms with Gasteiger partial charge < -0.3 is 10.2 Å². The predicted octanol–water partition coefficient (Wildman–Crippen LogP) is 3.43. The Balaban J connectivity index is 1.80. The van der Waals surface area contributed by atoms with E-state index < -0.39 is 12.7 Å². The first kappa shape index (κ1) is 14.7. The molecule has 1 fully saturated rings. The van der Waals surface area contributed by atoms with Gasteiger partial charge >= 0.3 is 6.18 Å². The number of hydrogen-bond acceptors (Lipinski definition) is 2. The molecule has 1 aliphatic rings. The second-order valence-corrected chi connectivity index (χ2v) is 5.74. The van der Waals surface area contributed by atoms with E-state index >= 15 is 0 Å². The minimum Gasteiger partial charge on any atom is -0.371 e. The van der Waals surface area contributed by atoms with Crippen LogP contribution in [0.5, 0.6) is 0 Å². The fourth-order valence-electron chi connectivity index (χ4n) is 2.32. The van der Waals surface area contributed by atoms with Crippen molar-refractivity contribution < 1.29 is 13.2 Å². The van der Waals surface area contributed by atoms with E-state index in [4.69, 9.17) is 0 Å². The minimum absolute atomic E-state index is 0.279. The van der Waals surface area contributed by atoms with E-state index in [2.05, 4.69) is 26.1 Å². The molecule has 1 heterocycles. The Hall–Kier alpha value is -0.750. The Morgan fingerprint density at radius 3 is 2.84 bits per heavy atom. The summed E-state index contributed by atoms with van der Waals surface area (Å²) in [6, 6.07) is 7.98. The summed E-state index contributed by atoms with van der Waals surface area (Å²) in [5.41, 5.74) is 1.12. The van der Waals surface area contributed by atoms with Crippen LogP contribution >= 0.6 is 15.9 Å². The molecule has 1 aromatic carbocycles. The highest BCUT2D eigenvalue weighted by Gasteiger charge is 2.28. The highest BCUT2D eigenvalue weighted by Crippen LogP contribution is 2.26. The lowest BCUT2D eigenvalue weighted by Crippen LogP contribution is -2.33. The Bertz CT molecular complexity index is 423. The van der Waals surface area contributed by atoms with Gasteiger partial charge in [-0.1, -0.05) is 22.0 Å². The highest BCUT2D eigenvalue weighted by atomic mass is 79.9. The first-order valence-corrected chi connectivity index (χ1v) is 7.01. The maximum Gasteiger partial charge on any atom is 0.401 e. The van der Waals surface area contributed by atoms with E-state index in [1.165, 1.54) is 0 Å². The Morgan fingerprint density at radius 2 is 2.16 bits per heavy atom. The summed E-state index contributed by atoms with van der Waals surface area (Å²) in [4.78, 5) is 2.21. The Morgan fingerprint density at radius 1 is 1.37 bits per heavy atom. The normalized spacial score (nSPS) is 20.0. The number of rotatable bonds is 4. The molecule has 19 heavy (non-hydrogen) atoms. The van der Waals surface area contributed by atoms with Gasteiger partial charge in [-0.15, -0.1) is 0 Å². The van der Waals surface area contributed by atoms with Gasteiger partial charge in [0.15, 0.2) is 0 Å². The van der Waals surface area contributed by atoms with Crippen molar-refractivity contribution >= 4 is 21.6 Å². The number of hydrogen-bond donors (Lipinski definition) is 1. The van der Waals surface area contributed by atoms with Crippen LogP contribution in [0, 0.1) is 5.92 Å². The number of anilines is 1. The third-order valence-corrected chi connectivity index (χ3v) is 3.71. The van der Waals surface area contributed by atoms with Crippen molar-refractivity contribution in [3.8, 4) is 0 Å². The molecule has 0 bridgehead atoms. The molecule has 1 atom stereocenters. The topological polar surface area (TPSA) is 15.3 Å². The largest absolute Gasteiger partial charge is 0.401 e. The van der Waals surface area contributed by atoms with E-state index in [0.717, 1.165) is 29.7 Å². The molecule has 0 radical (unpaired) electrons. The van der Waals surface area contributed by atoms with E-state index in [1.807, 2.05) is 24.3 Å². The maximum absolute atomic E-state index is 12.0. The Labute approximate surface area is 119 Å². The zero-order valence-corrected chi connectivity index (χ0v) is 12.0. The predicted molar refractivity (Wildman–Crippen MR) is 73.4 cm³/mol. The van der Waals surface area contributed by atoms with Crippen LogP contribution in [0.2, 0.25) is 0 Å². The number of nitrogens with zero attached hydrogens (tertiary/aromatic N) is 1. The lowest BCUT2D eigenvalue weighted by Gasteiger charge is -2.19. The van der Waals surface area contributed by atoms with Gasteiger partial charge in [0.05, 0.1) is 6.54 Å². The summed E-state index contributed by atoms with van der Waals surface area (Å²) < 4.78 is 37.1. The van der Waals surface area contributed by atoms with Crippen LogP contribution in [0.1, 0.15) is 6.42 Å². The quantitative estimate of drug-likeness (QED) is 0.906. The average molecular weight is 337 g/mol. The molecule has 0 saturated carbocycles. The second kappa shape index (κ2) is 6.13. The molecule has 2 nitrogen and oxygen atoms in total. The Kier molecular flexibility index (Phi) is 4.73. The van der Waals surface area contributed by atoms with Crippen LogP contribution in [0.15, 0.2) is 28.7 Å². The number of alkyl halides is 3. The molecule has 1 saturated heterocycles. The van der Waals surface area contributed by atoms with Gasteiger partial charge in [-0.05, 0) is 30.5 Å². The molecular weight excluding hydrogens is 321 g/mol. The fourth-order valence-corrected chi connectivity index (χ4v) is 2.71. The van der Waals surface area contributed by atoms with Crippen molar-refractivity contribution in [1.82, 2.24) is 5.32 Å². The highest BCUT2D eigenvalue weighted by molar-refractivity contribution is 9.10. The van der Waals surface area contributed by atoms with E-state index in [1.54, 1.807) is 0 Å². The summed E-state index contributed by atoms with van der Waals surface area (Å²) in [7, 11) is 0. The average Bonchev–Trinajstić information content (AvgIpc) is 2.76. The fraction of sp³-hybridized carbons (Fsp3) is 0.538. The molecule has 0 spiro atoms. The molecule has 0 aromatic heterocycles. The van der Waals surface area contributed by atoms with Gasteiger partial charge in [-0.3, -0.25) is 0 Å². The summed E-state index contributed by atoms with van der Waals surface area (Å²) in [6.07, 6.45) is -3.19.